The lowest BCUT2D eigenvalue weighted by Crippen LogP contribution is -2.54. The second kappa shape index (κ2) is 6.02. The highest BCUT2D eigenvalue weighted by Crippen LogP contribution is 2.33. The van der Waals surface area contributed by atoms with Crippen LogP contribution in [0.4, 0.5) is 0 Å². The number of hydrogen-bond acceptors (Lipinski definition) is 3. The fourth-order valence-corrected chi connectivity index (χ4v) is 2.69. The number of nitrogens with two attached hydrogens (primary N) is 1. The summed E-state index contributed by atoms with van der Waals surface area (Å²) in [5.74, 6) is 0.899. The van der Waals surface area contributed by atoms with E-state index in [0.29, 0.717) is 6.04 Å². The Bertz CT molecular complexity index is 283. The third-order valence-corrected chi connectivity index (χ3v) is 4.44. The van der Waals surface area contributed by atoms with Crippen molar-refractivity contribution in [1.82, 2.24) is 9.80 Å². The van der Waals surface area contributed by atoms with Crippen molar-refractivity contribution in [2.24, 2.45) is 11.7 Å². The number of amides is 1. The number of piperazine rings is 1. The third-order valence-electron chi connectivity index (χ3n) is 4.44. The molecule has 1 amide bonds. The average Bonchev–Trinajstić information content (AvgIpc) is 3.21. The van der Waals surface area contributed by atoms with Crippen LogP contribution in [0, 0.1) is 5.92 Å². The van der Waals surface area contributed by atoms with Gasteiger partial charge in [0.25, 0.3) is 0 Å². The van der Waals surface area contributed by atoms with Crippen molar-refractivity contribution < 1.29 is 4.79 Å². The Morgan fingerprint density at radius 3 is 2.39 bits per heavy atom. The van der Waals surface area contributed by atoms with Gasteiger partial charge in [0.1, 0.15) is 0 Å². The molecule has 4 nitrogen and oxygen atoms in total. The number of hydrogen-bond donors (Lipinski definition) is 1. The van der Waals surface area contributed by atoms with Crippen LogP contribution in [0.3, 0.4) is 0 Å². The normalized spacial score (nSPS) is 24.9. The molecule has 104 valence electrons. The van der Waals surface area contributed by atoms with Crippen molar-refractivity contribution in [2.75, 3.05) is 26.2 Å². The summed E-state index contributed by atoms with van der Waals surface area (Å²) in [4.78, 5) is 16.6. The molecule has 1 saturated heterocycles. The van der Waals surface area contributed by atoms with Crippen molar-refractivity contribution in [2.45, 2.75) is 51.6 Å². The number of carbonyl (C=O) groups is 1. The van der Waals surface area contributed by atoms with E-state index in [-0.39, 0.29) is 11.9 Å². The van der Waals surface area contributed by atoms with Gasteiger partial charge in [-0.05, 0) is 25.7 Å². The van der Waals surface area contributed by atoms with Gasteiger partial charge < -0.3 is 10.6 Å². The first kappa shape index (κ1) is 13.8. The molecule has 18 heavy (non-hydrogen) atoms. The molecule has 4 heteroatoms. The van der Waals surface area contributed by atoms with E-state index in [1.165, 1.54) is 19.3 Å². The molecule has 2 aliphatic rings. The quantitative estimate of drug-likeness (QED) is 0.797. The van der Waals surface area contributed by atoms with Gasteiger partial charge >= 0.3 is 0 Å². The molecular weight excluding hydrogens is 226 g/mol. The topological polar surface area (TPSA) is 49.6 Å². The molecule has 0 spiro atoms. The van der Waals surface area contributed by atoms with Gasteiger partial charge in [0.15, 0.2) is 0 Å². The number of carbonyl (C=O) groups excluding carboxylic acids is 1. The lowest BCUT2D eigenvalue weighted by Gasteiger charge is -2.38. The second-order valence-electron chi connectivity index (χ2n) is 5.90. The van der Waals surface area contributed by atoms with Crippen LogP contribution in [0.2, 0.25) is 0 Å². The van der Waals surface area contributed by atoms with Crippen molar-refractivity contribution >= 4 is 5.91 Å². The predicted octanol–water partition coefficient (Wildman–Crippen LogP) is 1.06. The second-order valence-corrected chi connectivity index (χ2v) is 5.90. The first-order chi connectivity index (χ1) is 8.61. The van der Waals surface area contributed by atoms with Crippen molar-refractivity contribution in [3.8, 4) is 0 Å². The maximum absolute atomic E-state index is 12.2. The molecule has 1 aliphatic carbocycles. The Hall–Kier alpha value is -0.610. The molecule has 0 aromatic carbocycles. The van der Waals surface area contributed by atoms with Crippen LogP contribution in [0.5, 0.6) is 0 Å². The maximum Gasteiger partial charge on any atom is 0.239 e. The van der Waals surface area contributed by atoms with E-state index in [1.807, 2.05) is 4.90 Å². The van der Waals surface area contributed by atoms with Crippen molar-refractivity contribution in [1.29, 1.82) is 0 Å². The van der Waals surface area contributed by atoms with Crippen molar-refractivity contribution in [3.05, 3.63) is 0 Å². The lowest BCUT2D eigenvalue weighted by molar-refractivity contribution is -0.134. The Morgan fingerprint density at radius 2 is 1.89 bits per heavy atom. The minimum atomic E-state index is -0.257. The summed E-state index contributed by atoms with van der Waals surface area (Å²) < 4.78 is 0. The van der Waals surface area contributed by atoms with E-state index >= 15 is 0 Å². The fraction of sp³-hybridized carbons (Fsp3) is 0.929. The van der Waals surface area contributed by atoms with Gasteiger partial charge in [-0.3, -0.25) is 9.69 Å². The van der Waals surface area contributed by atoms with E-state index < -0.39 is 0 Å². The molecule has 0 radical (unpaired) electrons. The van der Waals surface area contributed by atoms with Gasteiger partial charge in [-0.15, -0.1) is 0 Å². The Labute approximate surface area is 110 Å². The molecular formula is C14H27N3O. The zero-order valence-corrected chi connectivity index (χ0v) is 11.8. The summed E-state index contributed by atoms with van der Waals surface area (Å²) >= 11 is 0. The molecule has 2 rings (SSSR count). The van der Waals surface area contributed by atoms with E-state index in [1.54, 1.807) is 0 Å². The minimum absolute atomic E-state index is 0.172. The predicted molar refractivity (Wildman–Crippen MR) is 73.2 cm³/mol. The average molecular weight is 253 g/mol. The smallest absolute Gasteiger partial charge is 0.239 e. The van der Waals surface area contributed by atoms with Crippen LogP contribution >= 0.6 is 0 Å². The van der Waals surface area contributed by atoms with Crippen LogP contribution in [0.15, 0.2) is 0 Å². The molecule has 2 atom stereocenters. The standard InChI is InChI=1S/C14H27N3O/c1-3-11(2)16-6-8-17(9-7-16)14(18)13(15)10-12-4-5-12/h11-13H,3-10,15H2,1-2H3/t11?,13-/m0/s1. The molecule has 1 aliphatic heterocycles. The fourth-order valence-electron chi connectivity index (χ4n) is 2.69. The first-order valence-electron chi connectivity index (χ1n) is 7.40. The number of nitrogens with zero attached hydrogens (tertiary/aromatic N) is 2. The summed E-state index contributed by atoms with van der Waals surface area (Å²) in [6.07, 6.45) is 4.60. The Balaban J connectivity index is 1.75. The molecule has 0 aromatic rings. The van der Waals surface area contributed by atoms with Crippen LogP contribution in [0.1, 0.15) is 39.5 Å². The molecule has 1 heterocycles. The molecule has 1 unspecified atom stereocenters. The van der Waals surface area contributed by atoms with Crippen LogP contribution in [-0.2, 0) is 4.79 Å². The van der Waals surface area contributed by atoms with E-state index in [4.69, 9.17) is 5.73 Å². The molecule has 2 N–H and O–H groups in total. The molecule has 0 aromatic heterocycles. The monoisotopic (exact) mass is 253 g/mol. The summed E-state index contributed by atoms with van der Waals surface area (Å²) in [6.45, 7) is 8.17. The SMILES string of the molecule is CCC(C)N1CCN(C(=O)[C@@H](N)CC2CC2)CC1. The molecule has 0 bridgehead atoms. The van der Waals surface area contributed by atoms with Gasteiger partial charge in [0.2, 0.25) is 5.91 Å². The summed E-state index contributed by atoms with van der Waals surface area (Å²) in [5, 5.41) is 0. The van der Waals surface area contributed by atoms with Crippen molar-refractivity contribution in [3.63, 3.8) is 0 Å². The van der Waals surface area contributed by atoms with Gasteiger partial charge in [-0.2, -0.15) is 0 Å². The summed E-state index contributed by atoms with van der Waals surface area (Å²) in [7, 11) is 0. The van der Waals surface area contributed by atoms with Crippen LogP contribution in [0.25, 0.3) is 0 Å². The van der Waals surface area contributed by atoms with Gasteiger partial charge in [-0.1, -0.05) is 19.8 Å². The third kappa shape index (κ3) is 3.45. The van der Waals surface area contributed by atoms with Gasteiger partial charge in [-0.25, -0.2) is 0 Å². The van der Waals surface area contributed by atoms with Crippen LogP contribution < -0.4 is 5.73 Å². The van der Waals surface area contributed by atoms with Gasteiger partial charge in [0.05, 0.1) is 6.04 Å². The summed E-state index contributed by atoms with van der Waals surface area (Å²) in [5.41, 5.74) is 6.00. The Kier molecular flexibility index (Phi) is 4.62. The van der Waals surface area contributed by atoms with E-state index in [9.17, 15) is 4.79 Å². The molecule has 1 saturated carbocycles. The van der Waals surface area contributed by atoms with Gasteiger partial charge in [0, 0.05) is 32.2 Å². The highest BCUT2D eigenvalue weighted by atomic mass is 16.2. The molecule has 2 fully saturated rings. The minimum Gasteiger partial charge on any atom is -0.339 e. The van der Waals surface area contributed by atoms with E-state index in [2.05, 4.69) is 18.7 Å². The lowest BCUT2D eigenvalue weighted by atomic mass is 10.1. The van der Waals surface area contributed by atoms with E-state index in [0.717, 1.165) is 38.5 Å². The number of rotatable bonds is 5. The largest absolute Gasteiger partial charge is 0.339 e. The Morgan fingerprint density at radius 1 is 1.28 bits per heavy atom. The zero-order valence-electron chi connectivity index (χ0n) is 11.8. The summed E-state index contributed by atoms with van der Waals surface area (Å²) in [6, 6.07) is 0.370. The first-order valence-corrected chi connectivity index (χ1v) is 7.40. The zero-order chi connectivity index (χ0) is 13.1. The van der Waals surface area contributed by atoms with Crippen LogP contribution in [-0.4, -0.2) is 54.0 Å². The maximum atomic E-state index is 12.2. The highest BCUT2D eigenvalue weighted by Gasteiger charge is 2.31. The highest BCUT2D eigenvalue weighted by molar-refractivity contribution is 5.81.